The van der Waals surface area contributed by atoms with Crippen molar-refractivity contribution < 1.29 is 19.2 Å². The van der Waals surface area contributed by atoms with Crippen molar-refractivity contribution >= 4 is 28.9 Å². The fraction of sp³-hybridized carbons (Fsp3) is 0.533. The molecule has 0 saturated carbocycles. The van der Waals surface area contributed by atoms with Gasteiger partial charge in [0.1, 0.15) is 5.71 Å². The summed E-state index contributed by atoms with van der Waals surface area (Å²) in [5.74, 6) is -0.433. The number of oxime groups is 1. The van der Waals surface area contributed by atoms with E-state index >= 15 is 0 Å². The second-order valence-electron chi connectivity index (χ2n) is 5.69. The van der Waals surface area contributed by atoms with Gasteiger partial charge in [0.25, 0.3) is 5.91 Å². The van der Waals surface area contributed by atoms with E-state index in [1.807, 2.05) is 17.5 Å². The van der Waals surface area contributed by atoms with Crippen molar-refractivity contribution in [1.82, 2.24) is 10.2 Å². The highest BCUT2D eigenvalue weighted by molar-refractivity contribution is 7.12. The molecule has 0 unspecified atom stereocenters. The molecule has 2 aliphatic heterocycles. The summed E-state index contributed by atoms with van der Waals surface area (Å²) in [7, 11) is 0. The van der Waals surface area contributed by atoms with Crippen molar-refractivity contribution in [2.45, 2.75) is 18.9 Å². The van der Waals surface area contributed by atoms with Crippen LogP contribution in [-0.4, -0.2) is 60.9 Å². The summed E-state index contributed by atoms with van der Waals surface area (Å²) in [6, 6.07) is 3.87. The fourth-order valence-corrected chi connectivity index (χ4v) is 3.21. The van der Waals surface area contributed by atoms with Crippen LogP contribution < -0.4 is 5.32 Å². The fourth-order valence-electron chi connectivity index (χ4n) is 2.50. The van der Waals surface area contributed by atoms with Gasteiger partial charge < -0.3 is 19.8 Å². The maximum absolute atomic E-state index is 12.4. The van der Waals surface area contributed by atoms with Gasteiger partial charge in [0.15, 0.2) is 0 Å². The number of amides is 2. The minimum Gasteiger partial charge on any atom is -0.379 e. The zero-order chi connectivity index (χ0) is 16.3. The smallest absolute Gasteiger partial charge is 0.267 e. The number of nitrogens with one attached hydrogen (secondary N) is 1. The molecular weight excluding hydrogens is 318 g/mol. The van der Waals surface area contributed by atoms with Crippen molar-refractivity contribution in [2.24, 2.45) is 5.16 Å². The largest absolute Gasteiger partial charge is 0.379 e. The van der Waals surface area contributed by atoms with Gasteiger partial charge in [-0.2, -0.15) is 0 Å². The Morgan fingerprint density at radius 2 is 2.22 bits per heavy atom. The van der Waals surface area contributed by atoms with Crippen LogP contribution in [0.1, 0.15) is 18.2 Å². The molecule has 3 heterocycles. The molecule has 23 heavy (non-hydrogen) atoms. The minimum absolute atomic E-state index is 0.0356. The second-order valence-corrected chi connectivity index (χ2v) is 6.64. The quantitative estimate of drug-likeness (QED) is 0.873. The normalized spacial score (nSPS) is 24.0. The number of hydrogen-bond acceptors (Lipinski definition) is 6. The standard InChI is InChI=1S/C15H19N3O4S/c1-15(9-11(17-22-15)12-3-2-8-23-12)14(20)16-10-13(19)18-4-6-21-7-5-18/h2-3,8H,4-7,9-10H2,1H3,(H,16,20)/t15-/m0/s1. The predicted octanol–water partition coefficient (Wildman–Crippen LogP) is 0.606. The molecule has 1 aromatic rings. The summed E-state index contributed by atoms with van der Waals surface area (Å²) < 4.78 is 5.20. The van der Waals surface area contributed by atoms with Crippen LogP contribution in [-0.2, 0) is 19.2 Å². The van der Waals surface area contributed by atoms with Gasteiger partial charge in [-0.1, -0.05) is 11.2 Å². The van der Waals surface area contributed by atoms with Gasteiger partial charge >= 0.3 is 0 Å². The van der Waals surface area contributed by atoms with Crippen LogP contribution in [0.5, 0.6) is 0 Å². The first kappa shape index (κ1) is 15.9. The molecule has 1 N–H and O–H groups in total. The van der Waals surface area contributed by atoms with Crippen LogP contribution in [0.25, 0.3) is 0 Å². The van der Waals surface area contributed by atoms with Gasteiger partial charge in [0.2, 0.25) is 11.5 Å². The zero-order valence-corrected chi connectivity index (χ0v) is 13.7. The molecule has 3 rings (SSSR count). The SMILES string of the molecule is C[C@@]1(C(=O)NCC(=O)N2CCOCC2)CC(c2cccs2)=NO1. The Hall–Kier alpha value is -1.93. The van der Waals surface area contributed by atoms with Gasteiger partial charge in [-0.3, -0.25) is 9.59 Å². The molecule has 1 saturated heterocycles. The number of hydrogen-bond donors (Lipinski definition) is 1. The lowest BCUT2D eigenvalue weighted by atomic mass is 9.98. The Morgan fingerprint density at radius 3 is 2.91 bits per heavy atom. The monoisotopic (exact) mass is 337 g/mol. The second kappa shape index (κ2) is 6.67. The van der Waals surface area contributed by atoms with Gasteiger partial charge in [0, 0.05) is 19.5 Å². The van der Waals surface area contributed by atoms with Crippen LogP contribution in [0.2, 0.25) is 0 Å². The third kappa shape index (κ3) is 3.53. The average Bonchev–Trinajstić information content (AvgIpc) is 3.23. The van der Waals surface area contributed by atoms with Crippen LogP contribution in [0.3, 0.4) is 0 Å². The van der Waals surface area contributed by atoms with E-state index in [1.54, 1.807) is 23.2 Å². The average molecular weight is 337 g/mol. The molecule has 2 amide bonds. The lowest BCUT2D eigenvalue weighted by Gasteiger charge is -2.27. The maximum Gasteiger partial charge on any atom is 0.267 e. The van der Waals surface area contributed by atoms with Crippen LogP contribution >= 0.6 is 11.3 Å². The summed E-state index contributed by atoms with van der Waals surface area (Å²) in [6.07, 6.45) is 0.394. The Bertz CT molecular complexity index is 610. The lowest BCUT2D eigenvalue weighted by Crippen LogP contribution is -2.50. The Balaban J connectivity index is 1.51. The number of rotatable bonds is 4. The van der Waals surface area contributed by atoms with Gasteiger partial charge in [-0.25, -0.2) is 0 Å². The van der Waals surface area contributed by atoms with Crippen molar-refractivity contribution in [2.75, 3.05) is 32.8 Å². The van der Waals surface area contributed by atoms with E-state index in [1.165, 1.54) is 0 Å². The Labute approximate surface area is 138 Å². The number of carbonyl (C=O) groups excluding carboxylic acids is 2. The Kier molecular flexibility index (Phi) is 4.63. The van der Waals surface area contributed by atoms with E-state index in [0.29, 0.717) is 32.7 Å². The van der Waals surface area contributed by atoms with E-state index < -0.39 is 5.60 Å². The predicted molar refractivity (Wildman–Crippen MR) is 85.4 cm³/mol. The number of thiophene rings is 1. The molecule has 0 radical (unpaired) electrons. The first-order valence-corrected chi connectivity index (χ1v) is 8.39. The van der Waals surface area contributed by atoms with Crippen LogP contribution in [0.4, 0.5) is 0 Å². The third-order valence-electron chi connectivity index (χ3n) is 3.91. The molecule has 8 heteroatoms. The summed E-state index contributed by atoms with van der Waals surface area (Å²) in [4.78, 5) is 32.5. The van der Waals surface area contributed by atoms with Gasteiger partial charge in [-0.05, 0) is 18.4 Å². The molecule has 7 nitrogen and oxygen atoms in total. The molecule has 0 aromatic carbocycles. The van der Waals surface area contributed by atoms with Crippen LogP contribution in [0.15, 0.2) is 22.7 Å². The minimum atomic E-state index is -1.06. The molecule has 1 fully saturated rings. The van der Waals surface area contributed by atoms with Crippen molar-refractivity contribution in [1.29, 1.82) is 0 Å². The summed E-state index contributed by atoms with van der Waals surface area (Å²) >= 11 is 1.55. The summed E-state index contributed by atoms with van der Waals surface area (Å²) in [6.45, 7) is 3.86. The molecule has 0 aliphatic carbocycles. The number of ether oxygens (including phenoxy) is 1. The third-order valence-corrected chi connectivity index (χ3v) is 4.83. The number of carbonyl (C=O) groups is 2. The molecule has 0 spiro atoms. The molecule has 0 bridgehead atoms. The molecule has 124 valence electrons. The topological polar surface area (TPSA) is 80.2 Å². The van der Waals surface area contributed by atoms with E-state index in [0.717, 1.165) is 10.6 Å². The lowest BCUT2D eigenvalue weighted by molar-refractivity contribution is -0.144. The van der Waals surface area contributed by atoms with Gasteiger partial charge in [0.05, 0.1) is 24.6 Å². The first-order valence-electron chi connectivity index (χ1n) is 7.51. The highest BCUT2D eigenvalue weighted by Gasteiger charge is 2.42. The number of nitrogens with zero attached hydrogens (tertiary/aromatic N) is 2. The number of morpholine rings is 1. The van der Waals surface area contributed by atoms with Crippen molar-refractivity contribution in [3.63, 3.8) is 0 Å². The maximum atomic E-state index is 12.4. The van der Waals surface area contributed by atoms with Crippen LogP contribution in [0, 0.1) is 0 Å². The molecular formula is C15H19N3O4S. The summed E-state index contributed by atoms with van der Waals surface area (Å²) in [5.41, 5.74) is -0.304. The molecule has 1 aromatic heterocycles. The molecule has 1 atom stereocenters. The zero-order valence-electron chi connectivity index (χ0n) is 12.9. The van der Waals surface area contributed by atoms with E-state index in [2.05, 4.69) is 10.5 Å². The van der Waals surface area contributed by atoms with Crippen molar-refractivity contribution in [3.05, 3.63) is 22.4 Å². The molecule has 2 aliphatic rings. The Morgan fingerprint density at radius 1 is 1.43 bits per heavy atom. The summed E-state index contributed by atoms with van der Waals surface area (Å²) in [5, 5.41) is 8.64. The van der Waals surface area contributed by atoms with Gasteiger partial charge in [-0.15, -0.1) is 11.3 Å². The highest BCUT2D eigenvalue weighted by Crippen LogP contribution is 2.28. The first-order chi connectivity index (χ1) is 11.1. The van der Waals surface area contributed by atoms with E-state index in [9.17, 15) is 9.59 Å². The highest BCUT2D eigenvalue weighted by atomic mass is 32.1. The van der Waals surface area contributed by atoms with Crippen molar-refractivity contribution in [3.8, 4) is 0 Å². The van der Waals surface area contributed by atoms with E-state index in [-0.39, 0.29) is 18.4 Å². The van der Waals surface area contributed by atoms with E-state index in [4.69, 9.17) is 9.57 Å².